The highest BCUT2D eigenvalue weighted by atomic mass is 32.1. The maximum atomic E-state index is 14.0. The van der Waals surface area contributed by atoms with Crippen molar-refractivity contribution in [2.75, 3.05) is 19.5 Å². The van der Waals surface area contributed by atoms with Crippen LogP contribution >= 0.6 is 11.3 Å². The molecular weight excluding hydrogens is 480 g/mol. The lowest BCUT2D eigenvalue weighted by Crippen LogP contribution is -2.21. The minimum absolute atomic E-state index is 0.0151. The van der Waals surface area contributed by atoms with E-state index in [1.807, 2.05) is 0 Å². The third kappa shape index (κ3) is 4.52. The van der Waals surface area contributed by atoms with Crippen molar-refractivity contribution in [3.63, 3.8) is 0 Å². The number of benzene rings is 1. The summed E-state index contributed by atoms with van der Waals surface area (Å²) in [5.74, 6) is -1.81. The zero-order chi connectivity index (χ0) is 24.5. The number of anilines is 1. The van der Waals surface area contributed by atoms with Crippen molar-refractivity contribution in [3.8, 4) is 28.7 Å². The molecule has 0 saturated heterocycles. The number of nitrogens with zero attached hydrogens (tertiary/aromatic N) is 5. The molecule has 14 heteroatoms. The molecule has 1 amide bonds. The molecule has 0 spiro atoms. The van der Waals surface area contributed by atoms with E-state index in [1.165, 1.54) is 43.9 Å². The minimum Gasteiger partial charge on any atom is -0.494 e. The number of hydrogen-bond acceptors (Lipinski definition) is 8. The number of amides is 1. The SMILES string of the molecule is COc1ccc(-n2ncc(C(=O)Nc3nc(-c4ccc(OC)c(F)c4)cs3)c2C(F)(F)F)nn1. The Kier molecular flexibility index (Phi) is 6.15. The molecule has 4 rings (SSSR count). The van der Waals surface area contributed by atoms with Gasteiger partial charge in [-0.25, -0.2) is 14.1 Å². The molecule has 0 bridgehead atoms. The van der Waals surface area contributed by atoms with Gasteiger partial charge < -0.3 is 9.47 Å². The third-order valence-electron chi connectivity index (χ3n) is 4.51. The minimum atomic E-state index is -4.93. The predicted molar refractivity (Wildman–Crippen MR) is 113 cm³/mol. The van der Waals surface area contributed by atoms with Gasteiger partial charge in [-0.15, -0.1) is 21.5 Å². The fourth-order valence-electron chi connectivity index (χ4n) is 2.95. The molecule has 0 radical (unpaired) electrons. The van der Waals surface area contributed by atoms with Crippen LogP contribution in [0.25, 0.3) is 17.1 Å². The van der Waals surface area contributed by atoms with E-state index in [9.17, 15) is 22.4 Å². The van der Waals surface area contributed by atoms with Crippen LogP contribution in [0.5, 0.6) is 11.6 Å². The largest absolute Gasteiger partial charge is 0.494 e. The average Bonchev–Trinajstić information content (AvgIpc) is 3.46. The number of carbonyl (C=O) groups is 1. The zero-order valence-corrected chi connectivity index (χ0v) is 18.2. The highest BCUT2D eigenvalue weighted by Crippen LogP contribution is 2.34. The van der Waals surface area contributed by atoms with Crippen LogP contribution in [0.4, 0.5) is 22.7 Å². The zero-order valence-electron chi connectivity index (χ0n) is 17.4. The van der Waals surface area contributed by atoms with Crippen LogP contribution in [0.3, 0.4) is 0 Å². The van der Waals surface area contributed by atoms with Gasteiger partial charge in [0.1, 0.15) is 0 Å². The van der Waals surface area contributed by atoms with Crippen molar-refractivity contribution in [1.82, 2.24) is 25.0 Å². The second kappa shape index (κ2) is 9.05. The number of aromatic nitrogens is 5. The quantitative estimate of drug-likeness (QED) is 0.401. The van der Waals surface area contributed by atoms with E-state index in [2.05, 4.69) is 25.6 Å². The van der Waals surface area contributed by atoms with Gasteiger partial charge in [0.25, 0.3) is 5.91 Å². The van der Waals surface area contributed by atoms with Crippen LogP contribution < -0.4 is 14.8 Å². The summed E-state index contributed by atoms with van der Waals surface area (Å²) in [6.07, 6.45) is -4.16. The lowest BCUT2D eigenvalue weighted by atomic mass is 10.1. The molecule has 0 fully saturated rings. The van der Waals surface area contributed by atoms with Gasteiger partial charge in [-0.2, -0.15) is 18.3 Å². The van der Waals surface area contributed by atoms with Crippen LogP contribution in [-0.2, 0) is 6.18 Å². The molecule has 9 nitrogen and oxygen atoms in total. The standard InChI is InChI=1S/C20H14F4N6O3S/c1-32-14-4-3-10(7-12(14)21)13-9-34-19(26-13)27-18(31)11-8-25-30(17(11)20(22,23)24)15-5-6-16(33-2)29-28-15/h3-9H,1-2H3,(H,26,27,31). The number of alkyl halides is 3. The summed E-state index contributed by atoms with van der Waals surface area (Å²) in [6.45, 7) is 0. The summed E-state index contributed by atoms with van der Waals surface area (Å²) < 4.78 is 65.6. The van der Waals surface area contributed by atoms with E-state index in [0.29, 0.717) is 15.9 Å². The summed E-state index contributed by atoms with van der Waals surface area (Å²) in [5, 5.41) is 14.8. The Labute approximate surface area is 193 Å². The number of methoxy groups -OCH3 is 2. The Morgan fingerprint density at radius 2 is 1.91 bits per heavy atom. The summed E-state index contributed by atoms with van der Waals surface area (Å²) >= 11 is 0.962. The molecular formula is C20H14F4N6O3S. The first-order chi connectivity index (χ1) is 16.2. The first kappa shape index (κ1) is 23.1. The van der Waals surface area contributed by atoms with Crippen molar-refractivity contribution in [2.45, 2.75) is 6.18 Å². The number of hydrogen-bond donors (Lipinski definition) is 1. The Bertz CT molecular complexity index is 1340. The van der Waals surface area contributed by atoms with Crippen LogP contribution in [0.15, 0.2) is 41.9 Å². The highest BCUT2D eigenvalue weighted by Gasteiger charge is 2.41. The molecule has 3 aromatic heterocycles. The van der Waals surface area contributed by atoms with Gasteiger partial charge in [0.15, 0.2) is 28.2 Å². The van der Waals surface area contributed by atoms with Crippen LogP contribution in [0.2, 0.25) is 0 Å². The van der Waals surface area contributed by atoms with Crippen molar-refractivity contribution in [1.29, 1.82) is 0 Å². The molecule has 0 aliphatic heterocycles. The molecule has 0 atom stereocenters. The second-order valence-electron chi connectivity index (χ2n) is 6.59. The van der Waals surface area contributed by atoms with Crippen LogP contribution in [-0.4, -0.2) is 45.1 Å². The molecule has 1 N–H and O–H groups in total. The van der Waals surface area contributed by atoms with Gasteiger partial charge in [0.2, 0.25) is 5.88 Å². The van der Waals surface area contributed by atoms with Gasteiger partial charge in [0.05, 0.1) is 31.7 Å². The van der Waals surface area contributed by atoms with E-state index in [4.69, 9.17) is 9.47 Å². The molecule has 0 aliphatic rings. The first-order valence-electron chi connectivity index (χ1n) is 9.35. The van der Waals surface area contributed by atoms with E-state index in [1.54, 1.807) is 6.07 Å². The van der Waals surface area contributed by atoms with Crippen LogP contribution in [0.1, 0.15) is 16.1 Å². The summed E-state index contributed by atoms with van der Waals surface area (Å²) in [5.41, 5.74) is -1.35. The molecule has 0 aliphatic carbocycles. The molecule has 1 aromatic carbocycles. The normalized spacial score (nSPS) is 11.4. The second-order valence-corrected chi connectivity index (χ2v) is 7.45. The Morgan fingerprint density at radius 1 is 1.12 bits per heavy atom. The highest BCUT2D eigenvalue weighted by molar-refractivity contribution is 7.14. The van der Waals surface area contributed by atoms with Crippen LogP contribution in [0, 0.1) is 5.82 Å². The summed E-state index contributed by atoms with van der Waals surface area (Å²) in [6, 6.07) is 6.69. The van der Waals surface area contributed by atoms with E-state index in [-0.39, 0.29) is 22.6 Å². The average molecular weight is 494 g/mol. The molecule has 3 heterocycles. The fourth-order valence-corrected chi connectivity index (χ4v) is 3.66. The monoisotopic (exact) mass is 494 g/mol. The number of nitrogens with one attached hydrogen (secondary N) is 1. The Morgan fingerprint density at radius 3 is 2.53 bits per heavy atom. The van der Waals surface area contributed by atoms with E-state index in [0.717, 1.165) is 17.5 Å². The van der Waals surface area contributed by atoms with Crippen molar-refractivity contribution < 1.29 is 31.8 Å². The molecule has 4 aromatic rings. The smallest absolute Gasteiger partial charge is 0.434 e. The van der Waals surface area contributed by atoms with Gasteiger partial charge in [0, 0.05) is 17.0 Å². The number of rotatable bonds is 6. The van der Waals surface area contributed by atoms with E-state index < -0.39 is 29.2 Å². The maximum absolute atomic E-state index is 14.0. The van der Waals surface area contributed by atoms with Gasteiger partial charge in [-0.05, 0) is 24.3 Å². The Hall–Kier alpha value is -4.07. The number of thiazole rings is 1. The predicted octanol–water partition coefficient (Wildman–Crippen LogP) is 4.21. The fraction of sp³-hybridized carbons (Fsp3) is 0.150. The number of carbonyl (C=O) groups excluding carboxylic acids is 1. The summed E-state index contributed by atoms with van der Waals surface area (Å²) in [4.78, 5) is 16.8. The third-order valence-corrected chi connectivity index (χ3v) is 5.26. The first-order valence-corrected chi connectivity index (χ1v) is 10.2. The van der Waals surface area contributed by atoms with Crippen molar-refractivity contribution in [3.05, 3.63) is 59.0 Å². The molecule has 0 unspecified atom stereocenters. The topological polar surface area (TPSA) is 104 Å². The summed E-state index contributed by atoms with van der Waals surface area (Å²) in [7, 11) is 2.66. The van der Waals surface area contributed by atoms with E-state index >= 15 is 0 Å². The molecule has 0 saturated carbocycles. The van der Waals surface area contributed by atoms with Crippen molar-refractivity contribution in [2.24, 2.45) is 0 Å². The molecule has 34 heavy (non-hydrogen) atoms. The number of ether oxygens (including phenoxy) is 2. The lowest BCUT2D eigenvalue weighted by molar-refractivity contribution is -0.143. The lowest BCUT2D eigenvalue weighted by Gasteiger charge is -2.11. The van der Waals surface area contributed by atoms with Gasteiger partial charge in [-0.1, -0.05) is 0 Å². The van der Waals surface area contributed by atoms with Gasteiger partial charge in [-0.3, -0.25) is 10.1 Å². The maximum Gasteiger partial charge on any atom is 0.434 e. The van der Waals surface area contributed by atoms with Crippen molar-refractivity contribution >= 4 is 22.4 Å². The van der Waals surface area contributed by atoms with Gasteiger partial charge >= 0.3 is 6.18 Å². The Balaban J connectivity index is 1.61. The number of halogens is 4. The molecule has 176 valence electrons.